The van der Waals surface area contributed by atoms with Gasteiger partial charge >= 0.3 is 5.97 Å². The van der Waals surface area contributed by atoms with Gasteiger partial charge < -0.3 is 14.3 Å². The summed E-state index contributed by atoms with van der Waals surface area (Å²) in [5, 5.41) is 8.70. The van der Waals surface area contributed by atoms with Crippen LogP contribution < -0.4 is 4.74 Å². The minimum atomic E-state index is -1.11. The number of aromatic nitrogens is 1. The van der Waals surface area contributed by atoms with Crippen LogP contribution in [0.15, 0.2) is 34.9 Å². The third kappa shape index (κ3) is 2.68. The summed E-state index contributed by atoms with van der Waals surface area (Å²) < 4.78 is 10.6. The number of aromatic carboxylic acids is 1. The molecule has 1 N–H and O–H groups in total. The van der Waals surface area contributed by atoms with Gasteiger partial charge in [-0.1, -0.05) is 25.1 Å². The average molecular weight is 247 g/mol. The van der Waals surface area contributed by atoms with E-state index >= 15 is 0 Å². The number of aryl methyl sites for hydroxylation is 1. The molecular formula is C13H13NO4. The van der Waals surface area contributed by atoms with Crippen LogP contribution in [0.5, 0.6) is 5.75 Å². The minimum Gasteiger partial charge on any atom is -0.484 e. The van der Waals surface area contributed by atoms with Gasteiger partial charge in [-0.15, -0.1) is 0 Å². The topological polar surface area (TPSA) is 72.6 Å². The second kappa shape index (κ2) is 5.35. The summed E-state index contributed by atoms with van der Waals surface area (Å²) >= 11 is 0. The molecule has 1 heterocycles. The molecular weight excluding hydrogens is 234 g/mol. The van der Waals surface area contributed by atoms with E-state index in [-0.39, 0.29) is 18.2 Å². The maximum Gasteiger partial charge on any atom is 0.357 e. The number of benzene rings is 1. The maximum absolute atomic E-state index is 10.6. The fourth-order valence-corrected chi connectivity index (χ4v) is 1.55. The molecule has 0 spiro atoms. The monoisotopic (exact) mass is 247 g/mol. The van der Waals surface area contributed by atoms with Crippen molar-refractivity contribution in [1.29, 1.82) is 0 Å². The SMILES string of the molecule is CCc1ccccc1OCc1nc(C(=O)O)co1. The lowest BCUT2D eigenvalue weighted by atomic mass is 10.1. The van der Waals surface area contributed by atoms with E-state index in [4.69, 9.17) is 14.3 Å². The van der Waals surface area contributed by atoms with Gasteiger partial charge in [0.2, 0.25) is 5.89 Å². The van der Waals surface area contributed by atoms with Gasteiger partial charge in [0.05, 0.1) is 0 Å². The summed E-state index contributed by atoms with van der Waals surface area (Å²) in [5.41, 5.74) is 0.972. The third-order valence-corrected chi connectivity index (χ3v) is 2.48. The Balaban J connectivity index is 2.04. The van der Waals surface area contributed by atoms with Gasteiger partial charge in [-0.2, -0.15) is 0 Å². The summed E-state index contributed by atoms with van der Waals surface area (Å²) in [7, 11) is 0. The van der Waals surface area contributed by atoms with Gasteiger partial charge in [0, 0.05) is 0 Å². The van der Waals surface area contributed by atoms with E-state index in [1.807, 2.05) is 31.2 Å². The Bertz CT molecular complexity index is 547. The van der Waals surface area contributed by atoms with Gasteiger partial charge in [0.1, 0.15) is 12.0 Å². The molecule has 1 aromatic carbocycles. The van der Waals surface area contributed by atoms with Crippen LogP contribution in [0.1, 0.15) is 28.9 Å². The van der Waals surface area contributed by atoms with Crippen LogP contribution in [0.25, 0.3) is 0 Å². The van der Waals surface area contributed by atoms with E-state index in [9.17, 15) is 4.79 Å². The van der Waals surface area contributed by atoms with Gasteiger partial charge in [-0.25, -0.2) is 9.78 Å². The fourth-order valence-electron chi connectivity index (χ4n) is 1.55. The molecule has 0 unspecified atom stereocenters. The maximum atomic E-state index is 10.6. The number of hydrogen-bond acceptors (Lipinski definition) is 4. The Labute approximate surface area is 104 Å². The van der Waals surface area contributed by atoms with Crippen molar-refractivity contribution in [2.75, 3.05) is 0 Å². The van der Waals surface area contributed by atoms with E-state index in [1.165, 1.54) is 0 Å². The zero-order valence-corrected chi connectivity index (χ0v) is 9.92. The number of carboxylic acid groups (broad SMARTS) is 1. The van der Waals surface area contributed by atoms with Gasteiger partial charge in [-0.3, -0.25) is 0 Å². The Morgan fingerprint density at radius 3 is 2.89 bits per heavy atom. The molecule has 0 saturated carbocycles. The summed E-state index contributed by atoms with van der Waals surface area (Å²) in [6.07, 6.45) is 1.97. The van der Waals surface area contributed by atoms with Crippen LogP contribution >= 0.6 is 0 Å². The third-order valence-electron chi connectivity index (χ3n) is 2.48. The highest BCUT2D eigenvalue weighted by molar-refractivity contribution is 5.84. The molecule has 0 atom stereocenters. The standard InChI is InChI=1S/C13H13NO4/c1-2-9-5-3-4-6-11(9)17-8-12-14-10(7-18-12)13(15)16/h3-7H,2,8H2,1H3,(H,15,16). The van der Waals surface area contributed by atoms with Crippen LogP contribution in [0.2, 0.25) is 0 Å². The average Bonchev–Trinajstić information content (AvgIpc) is 2.85. The van der Waals surface area contributed by atoms with Crippen LogP contribution in [0, 0.1) is 0 Å². The van der Waals surface area contributed by atoms with E-state index in [0.717, 1.165) is 24.0 Å². The molecule has 94 valence electrons. The first-order chi connectivity index (χ1) is 8.70. The molecule has 2 aromatic rings. The van der Waals surface area contributed by atoms with Gasteiger partial charge in [-0.05, 0) is 18.1 Å². The van der Waals surface area contributed by atoms with Crippen molar-refractivity contribution in [1.82, 2.24) is 4.98 Å². The Kier molecular flexibility index (Phi) is 3.62. The number of nitrogens with zero attached hydrogens (tertiary/aromatic N) is 1. The molecule has 0 bridgehead atoms. The van der Waals surface area contributed by atoms with Crippen LogP contribution in [-0.2, 0) is 13.0 Å². The van der Waals surface area contributed by atoms with Crippen molar-refractivity contribution in [3.05, 3.63) is 47.7 Å². The fraction of sp³-hybridized carbons (Fsp3) is 0.231. The van der Waals surface area contributed by atoms with Crippen molar-refractivity contribution in [2.45, 2.75) is 20.0 Å². The summed E-state index contributed by atoms with van der Waals surface area (Å²) in [6, 6.07) is 7.67. The zero-order valence-electron chi connectivity index (χ0n) is 9.92. The Morgan fingerprint density at radius 1 is 1.44 bits per heavy atom. The van der Waals surface area contributed by atoms with E-state index in [2.05, 4.69) is 4.98 Å². The smallest absolute Gasteiger partial charge is 0.357 e. The van der Waals surface area contributed by atoms with Gasteiger partial charge in [0.15, 0.2) is 12.3 Å². The van der Waals surface area contributed by atoms with E-state index in [1.54, 1.807) is 0 Å². The molecule has 0 radical (unpaired) electrons. The molecule has 0 amide bonds. The molecule has 0 aliphatic rings. The Hall–Kier alpha value is -2.30. The summed E-state index contributed by atoms with van der Waals surface area (Å²) in [5.74, 6) is -0.104. The number of para-hydroxylation sites is 1. The minimum absolute atomic E-state index is 0.114. The van der Waals surface area contributed by atoms with E-state index < -0.39 is 5.97 Å². The van der Waals surface area contributed by atoms with Gasteiger partial charge in [0.25, 0.3) is 0 Å². The first-order valence-electron chi connectivity index (χ1n) is 5.59. The highest BCUT2D eigenvalue weighted by atomic mass is 16.5. The highest BCUT2D eigenvalue weighted by Gasteiger charge is 2.11. The number of carbonyl (C=O) groups is 1. The molecule has 0 fully saturated rings. The lowest BCUT2D eigenvalue weighted by Gasteiger charge is -2.07. The quantitative estimate of drug-likeness (QED) is 0.878. The molecule has 1 aromatic heterocycles. The number of rotatable bonds is 5. The summed E-state index contributed by atoms with van der Waals surface area (Å²) in [4.78, 5) is 14.4. The second-order valence-electron chi connectivity index (χ2n) is 3.68. The first-order valence-corrected chi connectivity index (χ1v) is 5.59. The first kappa shape index (κ1) is 12.2. The number of hydrogen-bond donors (Lipinski definition) is 1. The second-order valence-corrected chi connectivity index (χ2v) is 3.68. The Morgan fingerprint density at radius 2 is 2.22 bits per heavy atom. The highest BCUT2D eigenvalue weighted by Crippen LogP contribution is 2.19. The van der Waals surface area contributed by atoms with Crippen molar-refractivity contribution in [3.8, 4) is 5.75 Å². The predicted molar refractivity (Wildman–Crippen MR) is 63.6 cm³/mol. The number of ether oxygens (including phenoxy) is 1. The molecule has 5 heteroatoms. The van der Waals surface area contributed by atoms with Crippen molar-refractivity contribution in [2.24, 2.45) is 0 Å². The molecule has 0 saturated heterocycles. The van der Waals surface area contributed by atoms with Crippen LogP contribution in [0.4, 0.5) is 0 Å². The molecule has 2 rings (SSSR count). The van der Waals surface area contributed by atoms with E-state index in [0.29, 0.717) is 0 Å². The molecule has 0 aliphatic carbocycles. The van der Waals surface area contributed by atoms with Crippen molar-refractivity contribution < 1.29 is 19.1 Å². The number of oxazole rings is 1. The molecule has 18 heavy (non-hydrogen) atoms. The lowest BCUT2D eigenvalue weighted by molar-refractivity contribution is 0.0690. The molecule has 0 aliphatic heterocycles. The normalized spacial score (nSPS) is 10.3. The zero-order chi connectivity index (χ0) is 13.0. The van der Waals surface area contributed by atoms with Crippen LogP contribution in [0.3, 0.4) is 0 Å². The van der Waals surface area contributed by atoms with Crippen molar-refractivity contribution >= 4 is 5.97 Å². The van der Waals surface area contributed by atoms with Crippen LogP contribution in [-0.4, -0.2) is 16.1 Å². The summed E-state index contributed by atoms with van der Waals surface area (Å²) in [6.45, 7) is 2.15. The largest absolute Gasteiger partial charge is 0.484 e. The number of carboxylic acids is 1. The lowest BCUT2D eigenvalue weighted by Crippen LogP contribution is -2.00. The molecule has 5 nitrogen and oxygen atoms in total. The predicted octanol–water partition coefficient (Wildman–Crippen LogP) is 2.51. The van der Waals surface area contributed by atoms with Crippen molar-refractivity contribution in [3.63, 3.8) is 0 Å².